The molecule has 1 unspecified atom stereocenters. The third-order valence-electron chi connectivity index (χ3n) is 8.16. The monoisotopic (exact) mass is 577 g/mol. The number of hydrogen-bond acceptors (Lipinski definition) is 3. The molecule has 0 aliphatic rings. The van der Waals surface area contributed by atoms with Gasteiger partial charge in [0.05, 0.1) is 12.3 Å². The second kappa shape index (κ2) is 32.9. The van der Waals surface area contributed by atoms with Gasteiger partial charge in [-0.3, -0.25) is 9.59 Å². The number of ether oxygens (including phenoxy) is 1. The predicted octanol–water partition coefficient (Wildman–Crippen LogP) is 11.9. The number of allylic oxidation sites excluding steroid dienone is 2. The van der Waals surface area contributed by atoms with Crippen LogP contribution in [0.15, 0.2) is 24.8 Å². The molecule has 0 amide bonds. The Morgan fingerprint density at radius 2 is 0.976 bits per heavy atom. The third-order valence-corrected chi connectivity index (χ3v) is 8.16. The van der Waals surface area contributed by atoms with Crippen molar-refractivity contribution in [3.8, 4) is 0 Å². The highest BCUT2D eigenvalue weighted by molar-refractivity contribution is 5.79. The van der Waals surface area contributed by atoms with Crippen molar-refractivity contribution in [3.05, 3.63) is 24.8 Å². The minimum Gasteiger partial charge on any atom is -0.481 e. The number of unbranched alkanes of at least 4 members (excludes halogenated alkanes) is 24. The molecule has 0 aromatic rings. The van der Waals surface area contributed by atoms with Crippen LogP contribution in [0.1, 0.15) is 187 Å². The maximum Gasteiger partial charge on any atom is 0.309 e. The zero-order chi connectivity index (χ0) is 30.1. The van der Waals surface area contributed by atoms with E-state index in [1.165, 1.54) is 160 Å². The number of rotatable bonds is 33. The Balaban J connectivity index is 3.30. The van der Waals surface area contributed by atoms with E-state index in [0.717, 1.165) is 12.8 Å². The fourth-order valence-electron chi connectivity index (χ4n) is 5.52. The molecule has 240 valence electrons. The lowest BCUT2D eigenvalue weighted by molar-refractivity contribution is -0.152. The molecule has 0 aliphatic heterocycles. The van der Waals surface area contributed by atoms with Crippen LogP contribution in [0.5, 0.6) is 0 Å². The van der Waals surface area contributed by atoms with Crippen LogP contribution in [-0.2, 0) is 14.3 Å². The highest BCUT2D eigenvalue weighted by Crippen LogP contribution is 2.19. The highest BCUT2D eigenvalue weighted by atomic mass is 16.5. The average Bonchev–Trinajstić information content (AvgIpc) is 2.96. The molecule has 41 heavy (non-hydrogen) atoms. The first-order valence-corrected chi connectivity index (χ1v) is 17.8. The number of hydrogen-bond donors (Lipinski definition) is 1. The third kappa shape index (κ3) is 31.2. The maximum absolute atomic E-state index is 12.0. The van der Waals surface area contributed by atoms with Gasteiger partial charge in [-0.25, -0.2) is 0 Å². The molecule has 0 radical (unpaired) electrons. The summed E-state index contributed by atoms with van der Waals surface area (Å²) in [5.41, 5.74) is 0. The van der Waals surface area contributed by atoms with Gasteiger partial charge in [0.25, 0.3) is 0 Å². The van der Waals surface area contributed by atoms with Crippen molar-refractivity contribution in [1.29, 1.82) is 0 Å². The second-order valence-corrected chi connectivity index (χ2v) is 12.2. The molecule has 0 aliphatic carbocycles. The normalized spacial score (nSPS) is 12.1. The van der Waals surface area contributed by atoms with Gasteiger partial charge in [0, 0.05) is 0 Å². The standard InChI is InChI=1S/C37H68O4/c1-3-5-6-7-8-9-10-11-12-13-14-15-16-17-18-19-20-21-22-23-24-25-26-27-28-29-30-31-32-35(34-36(38)39)37(40)41-33-4-2/h4,7-8,35H,2-3,5-6,9-34H2,1H3,(H,38,39)/b8-7+. The van der Waals surface area contributed by atoms with Crippen molar-refractivity contribution in [1.82, 2.24) is 0 Å². The molecule has 4 nitrogen and oxygen atoms in total. The van der Waals surface area contributed by atoms with Crippen molar-refractivity contribution < 1.29 is 19.4 Å². The average molecular weight is 577 g/mol. The summed E-state index contributed by atoms with van der Waals surface area (Å²) in [5.74, 6) is -1.88. The molecule has 0 bridgehead atoms. The molecule has 1 N–H and O–H groups in total. The van der Waals surface area contributed by atoms with Crippen molar-refractivity contribution in [2.24, 2.45) is 5.92 Å². The van der Waals surface area contributed by atoms with Gasteiger partial charge >= 0.3 is 11.9 Å². The molecule has 0 aromatic heterocycles. The van der Waals surface area contributed by atoms with Crippen LogP contribution in [-0.4, -0.2) is 23.7 Å². The minimum atomic E-state index is -0.940. The molecule has 4 heteroatoms. The van der Waals surface area contributed by atoms with E-state index in [9.17, 15) is 9.59 Å². The quantitative estimate of drug-likeness (QED) is 0.0479. The second-order valence-electron chi connectivity index (χ2n) is 12.2. The predicted molar refractivity (Wildman–Crippen MR) is 176 cm³/mol. The summed E-state index contributed by atoms with van der Waals surface area (Å²) in [5, 5.41) is 9.03. The van der Waals surface area contributed by atoms with E-state index in [2.05, 4.69) is 25.7 Å². The van der Waals surface area contributed by atoms with E-state index in [1.807, 2.05) is 0 Å². The molecule has 0 rings (SSSR count). The van der Waals surface area contributed by atoms with E-state index >= 15 is 0 Å². The number of carboxylic acids is 1. The molecule has 0 aromatic carbocycles. The lowest BCUT2D eigenvalue weighted by atomic mass is 9.97. The molecule has 0 saturated heterocycles. The molecular formula is C37H68O4. The fraction of sp³-hybridized carbons (Fsp3) is 0.838. The van der Waals surface area contributed by atoms with Crippen LogP contribution < -0.4 is 0 Å². The Morgan fingerprint density at radius 1 is 0.610 bits per heavy atom. The van der Waals surface area contributed by atoms with Crippen molar-refractivity contribution in [3.63, 3.8) is 0 Å². The first kappa shape index (κ1) is 39.4. The van der Waals surface area contributed by atoms with Gasteiger partial charge < -0.3 is 9.84 Å². The highest BCUT2D eigenvalue weighted by Gasteiger charge is 2.22. The van der Waals surface area contributed by atoms with E-state index in [0.29, 0.717) is 6.42 Å². The summed E-state index contributed by atoms with van der Waals surface area (Å²) in [6.45, 7) is 5.93. The van der Waals surface area contributed by atoms with E-state index in [1.54, 1.807) is 0 Å². The lowest BCUT2D eigenvalue weighted by Gasteiger charge is -2.13. The topological polar surface area (TPSA) is 63.6 Å². The van der Waals surface area contributed by atoms with Crippen LogP contribution in [0.2, 0.25) is 0 Å². The zero-order valence-corrected chi connectivity index (χ0v) is 27.2. The zero-order valence-electron chi connectivity index (χ0n) is 27.2. The molecule has 0 heterocycles. The Hall–Kier alpha value is -1.58. The summed E-state index contributed by atoms with van der Waals surface area (Å²) in [7, 11) is 0. The van der Waals surface area contributed by atoms with Gasteiger partial charge in [0.2, 0.25) is 0 Å². The van der Waals surface area contributed by atoms with E-state index in [4.69, 9.17) is 9.84 Å². The summed E-state index contributed by atoms with van der Waals surface area (Å²) < 4.78 is 5.05. The van der Waals surface area contributed by atoms with Crippen molar-refractivity contribution >= 4 is 11.9 Å². The Labute approximate surface area is 255 Å². The fourth-order valence-corrected chi connectivity index (χ4v) is 5.52. The molecule has 1 atom stereocenters. The smallest absolute Gasteiger partial charge is 0.309 e. The summed E-state index contributed by atoms with van der Waals surface area (Å²) >= 11 is 0. The van der Waals surface area contributed by atoms with Gasteiger partial charge in [0.15, 0.2) is 0 Å². The van der Waals surface area contributed by atoms with Crippen LogP contribution in [0.4, 0.5) is 0 Å². The Morgan fingerprint density at radius 3 is 1.34 bits per heavy atom. The van der Waals surface area contributed by atoms with Gasteiger partial charge in [0.1, 0.15) is 6.61 Å². The van der Waals surface area contributed by atoms with Gasteiger partial charge in [-0.15, -0.1) is 0 Å². The number of carboxylic acid groups (broad SMARTS) is 1. The molecule has 0 fully saturated rings. The summed E-state index contributed by atoms with van der Waals surface area (Å²) in [6, 6.07) is 0. The number of aliphatic carboxylic acids is 1. The van der Waals surface area contributed by atoms with Crippen LogP contribution in [0.3, 0.4) is 0 Å². The Kier molecular flexibility index (Phi) is 31.7. The summed E-state index contributed by atoms with van der Waals surface area (Å²) in [6.07, 6.45) is 41.5. The van der Waals surface area contributed by atoms with Gasteiger partial charge in [-0.05, 0) is 25.7 Å². The number of carbonyl (C=O) groups excluding carboxylic acids is 1. The SMILES string of the molecule is C=CCOC(=O)C(CCCCCCCCCCCCCCCCCCCCCCCC/C=C/CCCC)CC(=O)O. The number of esters is 1. The Bertz CT molecular complexity index is 612. The molecular weight excluding hydrogens is 508 g/mol. The minimum absolute atomic E-state index is 0.145. The summed E-state index contributed by atoms with van der Waals surface area (Å²) in [4.78, 5) is 23.0. The first-order valence-electron chi connectivity index (χ1n) is 17.8. The van der Waals surface area contributed by atoms with Crippen LogP contribution in [0.25, 0.3) is 0 Å². The van der Waals surface area contributed by atoms with Gasteiger partial charge in [-0.2, -0.15) is 0 Å². The largest absolute Gasteiger partial charge is 0.481 e. The molecule has 0 saturated carbocycles. The van der Waals surface area contributed by atoms with Crippen molar-refractivity contribution in [2.75, 3.05) is 6.61 Å². The van der Waals surface area contributed by atoms with Gasteiger partial charge in [-0.1, -0.05) is 179 Å². The van der Waals surface area contributed by atoms with E-state index < -0.39 is 17.9 Å². The van der Waals surface area contributed by atoms with Crippen molar-refractivity contribution in [2.45, 2.75) is 187 Å². The lowest BCUT2D eigenvalue weighted by Crippen LogP contribution is -2.21. The van der Waals surface area contributed by atoms with E-state index in [-0.39, 0.29) is 13.0 Å². The maximum atomic E-state index is 12.0. The van der Waals surface area contributed by atoms with Crippen LogP contribution in [0, 0.1) is 5.92 Å². The van der Waals surface area contributed by atoms with Crippen LogP contribution >= 0.6 is 0 Å². The first-order chi connectivity index (χ1) is 20.1. The molecule has 0 spiro atoms. The number of carbonyl (C=O) groups is 2.